The van der Waals surface area contributed by atoms with E-state index in [1.54, 1.807) is 19.2 Å². The van der Waals surface area contributed by atoms with Gasteiger partial charge >= 0.3 is 0 Å². The minimum atomic E-state index is -3.44. The molecule has 1 aromatic rings. The van der Waals surface area contributed by atoms with Crippen LogP contribution in [0.3, 0.4) is 0 Å². The summed E-state index contributed by atoms with van der Waals surface area (Å²) < 4.78 is 31.6. The van der Waals surface area contributed by atoms with Crippen LogP contribution in [0.1, 0.15) is 6.42 Å². The number of carbonyl (C=O) groups is 1. The maximum atomic E-state index is 11.9. The van der Waals surface area contributed by atoms with Gasteiger partial charge < -0.3 is 9.64 Å². The third-order valence-corrected chi connectivity index (χ3v) is 4.45. The van der Waals surface area contributed by atoms with Crippen molar-refractivity contribution in [2.45, 2.75) is 12.5 Å². The highest BCUT2D eigenvalue weighted by Gasteiger charge is 2.29. The van der Waals surface area contributed by atoms with E-state index in [0.717, 1.165) is 0 Å². The van der Waals surface area contributed by atoms with Gasteiger partial charge in [0.1, 0.15) is 12.4 Å². The first-order valence-electron chi connectivity index (χ1n) is 6.38. The Morgan fingerprint density at radius 2 is 2.05 bits per heavy atom. The van der Waals surface area contributed by atoms with E-state index in [9.17, 15) is 13.2 Å². The Balaban J connectivity index is 1.78. The lowest BCUT2D eigenvalue weighted by atomic mass is 10.3. The molecule has 0 aliphatic carbocycles. The van der Waals surface area contributed by atoms with Crippen molar-refractivity contribution in [2.75, 3.05) is 26.0 Å². The summed E-state index contributed by atoms with van der Waals surface area (Å²) in [5, 5.41) is 0. The predicted molar refractivity (Wildman–Crippen MR) is 74.9 cm³/mol. The molecule has 1 aromatic carbocycles. The number of likely N-dealkylation sites (tertiary alicyclic amines) is 1. The maximum Gasteiger partial charge on any atom is 0.224 e. The Labute approximate surface area is 118 Å². The molecule has 110 valence electrons. The number of carbonyl (C=O) groups excluding carboxylic acids is 1. The molecule has 1 fully saturated rings. The molecule has 0 saturated carbocycles. The van der Waals surface area contributed by atoms with Gasteiger partial charge in [-0.2, -0.15) is 0 Å². The van der Waals surface area contributed by atoms with Crippen molar-refractivity contribution in [1.29, 1.82) is 0 Å². The highest BCUT2D eigenvalue weighted by molar-refractivity contribution is 7.89. The van der Waals surface area contributed by atoms with Gasteiger partial charge in [-0.25, -0.2) is 13.1 Å². The number of nitrogens with zero attached hydrogens (tertiary/aromatic N) is 1. The minimum absolute atomic E-state index is 0.0433. The van der Waals surface area contributed by atoms with Gasteiger partial charge in [0.15, 0.2) is 0 Å². The standard InChI is InChI=1S/C13H18N2O4S/c1-15-10-11(9-13(15)16)14-20(17,18)8-7-19-12-5-3-2-4-6-12/h2-6,11,14H,7-10H2,1H3. The fourth-order valence-electron chi connectivity index (χ4n) is 2.04. The molecule has 7 heteroatoms. The topological polar surface area (TPSA) is 75.7 Å². The zero-order valence-electron chi connectivity index (χ0n) is 11.3. The maximum absolute atomic E-state index is 11.9. The molecule has 1 amide bonds. The Bertz CT molecular complexity index is 559. The van der Waals surface area contributed by atoms with Crippen LogP contribution >= 0.6 is 0 Å². The number of benzene rings is 1. The summed E-state index contributed by atoms with van der Waals surface area (Å²) in [6.45, 7) is 0.494. The van der Waals surface area contributed by atoms with Crippen LogP contribution in [0.2, 0.25) is 0 Å². The van der Waals surface area contributed by atoms with Crippen molar-refractivity contribution < 1.29 is 17.9 Å². The highest BCUT2D eigenvalue weighted by atomic mass is 32.2. The van der Waals surface area contributed by atoms with Crippen LogP contribution in [-0.4, -0.2) is 51.2 Å². The van der Waals surface area contributed by atoms with E-state index in [1.807, 2.05) is 18.2 Å². The SMILES string of the molecule is CN1CC(NS(=O)(=O)CCOc2ccccc2)CC1=O. The largest absolute Gasteiger partial charge is 0.492 e. The lowest BCUT2D eigenvalue weighted by Crippen LogP contribution is -2.39. The molecule has 0 spiro atoms. The van der Waals surface area contributed by atoms with Crippen LogP contribution in [0, 0.1) is 0 Å². The van der Waals surface area contributed by atoms with Crippen molar-refractivity contribution in [3.05, 3.63) is 30.3 Å². The monoisotopic (exact) mass is 298 g/mol. The first kappa shape index (κ1) is 14.8. The average Bonchev–Trinajstić information content (AvgIpc) is 2.68. The number of para-hydroxylation sites is 1. The summed E-state index contributed by atoms with van der Waals surface area (Å²) in [4.78, 5) is 12.9. The molecule has 1 heterocycles. The molecule has 1 aliphatic heterocycles. The quantitative estimate of drug-likeness (QED) is 0.815. The molecule has 1 unspecified atom stereocenters. The Morgan fingerprint density at radius 3 is 2.65 bits per heavy atom. The van der Waals surface area contributed by atoms with Crippen LogP contribution in [0.4, 0.5) is 0 Å². The molecule has 0 aromatic heterocycles. The Kier molecular flexibility index (Phi) is 4.61. The highest BCUT2D eigenvalue weighted by Crippen LogP contribution is 2.10. The second-order valence-corrected chi connectivity index (χ2v) is 6.65. The lowest BCUT2D eigenvalue weighted by molar-refractivity contribution is -0.126. The van der Waals surface area contributed by atoms with Gasteiger partial charge in [0.25, 0.3) is 0 Å². The van der Waals surface area contributed by atoms with E-state index < -0.39 is 10.0 Å². The molecular formula is C13H18N2O4S. The molecule has 0 bridgehead atoms. The van der Waals surface area contributed by atoms with E-state index in [1.165, 1.54) is 4.90 Å². The van der Waals surface area contributed by atoms with Crippen molar-refractivity contribution in [3.8, 4) is 5.75 Å². The number of rotatable bonds is 6. The van der Waals surface area contributed by atoms with E-state index >= 15 is 0 Å². The summed E-state index contributed by atoms with van der Waals surface area (Å²) in [6, 6.07) is 8.70. The summed E-state index contributed by atoms with van der Waals surface area (Å²) in [5.41, 5.74) is 0. The van der Waals surface area contributed by atoms with E-state index in [2.05, 4.69) is 4.72 Å². The van der Waals surface area contributed by atoms with Crippen LogP contribution in [-0.2, 0) is 14.8 Å². The molecule has 1 atom stereocenters. The zero-order chi connectivity index (χ0) is 14.6. The third kappa shape index (κ3) is 4.21. The number of hydrogen-bond acceptors (Lipinski definition) is 4. The second-order valence-electron chi connectivity index (χ2n) is 4.77. The number of nitrogens with one attached hydrogen (secondary N) is 1. The second kappa shape index (κ2) is 6.23. The molecular weight excluding hydrogens is 280 g/mol. The predicted octanol–water partition coefficient (Wildman–Crippen LogP) is 0.215. The van der Waals surface area contributed by atoms with Gasteiger partial charge in [-0.05, 0) is 12.1 Å². The fraction of sp³-hybridized carbons (Fsp3) is 0.462. The molecule has 2 rings (SSSR count). The summed E-state index contributed by atoms with van der Waals surface area (Å²) in [5.74, 6) is 0.466. The van der Waals surface area contributed by atoms with Gasteiger partial charge in [0, 0.05) is 26.1 Å². The van der Waals surface area contributed by atoms with E-state index in [4.69, 9.17) is 4.74 Å². The third-order valence-electron chi connectivity index (χ3n) is 3.05. The first-order chi connectivity index (χ1) is 9.46. The average molecular weight is 298 g/mol. The molecule has 20 heavy (non-hydrogen) atoms. The Hall–Kier alpha value is -1.60. The number of hydrogen-bond donors (Lipinski definition) is 1. The van der Waals surface area contributed by atoms with Gasteiger partial charge in [0.05, 0.1) is 5.75 Å². The van der Waals surface area contributed by atoms with Gasteiger partial charge in [-0.15, -0.1) is 0 Å². The summed E-state index contributed by atoms with van der Waals surface area (Å²) >= 11 is 0. The zero-order valence-corrected chi connectivity index (χ0v) is 12.1. The smallest absolute Gasteiger partial charge is 0.224 e. The van der Waals surface area contributed by atoms with Crippen LogP contribution in [0.25, 0.3) is 0 Å². The summed E-state index contributed by atoms with van der Waals surface area (Å²) in [6.07, 6.45) is 0.218. The molecule has 1 aliphatic rings. The number of ether oxygens (including phenoxy) is 1. The fourth-order valence-corrected chi connectivity index (χ4v) is 3.13. The molecule has 0 radical (unpaired) electrons. The number of likely N-dealkylation sites (N-methyl/N-ethyl adjacent to an activating group) is 1. The van der Waals surface area contributed by atoms with Crippen molar-refractivity contribution in [1.82, 2.24) is 9.62 Å². The molecule has 1 N–H and O–H groups in total. The van der Waals surface area contributed by atoms with Crippen LogP contribution in [0.15, 0.2) is 30.3 Å². The number of amides is 1. The van der Waals surface area contributed by atoms with Gasteiger partial charge in [0.2, 0.25) is 15.9 Å². The summed E-state index contributed by atoms with van der Waals surface area (Å²) in [7, 11) is -1.77. The van der Waals surface area contributed by atoms with Crippen LogP contribution in [0.5, 0.6) is 5.75 Å². The normalized spacial score (nSPS) is 19.4. The van der Waals surface area contributed by atoms with Gasteiger partial charge in [-0.1, -0.05) is 18.2 Å². The van der Waals surface area contributed by atoms with Gasteiger partial charge in [-0.3, -0.25) is 4.79 Å². The number of sulfonamides is 1. The van der Waals surface area contributed by atoms with Crippen molar-refractivity contribution in [2.24, 2.45) is 0 Å². The lowest BCUT2D eigenvalue weighted by Gasteiger charge is -2.13. The first-order valence-corrected chi connectivity index (χ1v) is 8.03. The molecule has 6 nitrogen and oxygen atoms in total. The van der Waals surface area contributed by atoms with E-state index in [-0.39, 0.29) is 30.7 Å². The Morgan fingerprint density at radius 1 is 1.35 bits per heavy atom. The van der Waals surface area contributed by atoms with Crippen molar-refractivity contribution >= 4 is 15.9 Å². The minimum Gasteiger partial charge on any atom is -0.492 e. The van der Waals surface area contributed by atoms with Crippen molar-refractivity contribution in [3.63, 3.8) is 0 Å². The van der Waals surface area contributed by atoms with Crippen LogP contribution < -0.4 is 9.46 Å². The van der Waals surface area contributed by atoms with E-state index in [0.29, 0.717) is 12.3 Å². The molecule has 1 saturated heterocycles.